The molecule has 86 valence electrons. The highest BCUT2D eigenvalue weighted by Gasteiger charge is 2.02. The summed E-state index contributed by atoms with van der Waals surface area (Å²) in [7, 11) is -0.418. The zero-order valence-corrected chi connectivity index (χ0v) is 11.1. The van der Waals surface area contributed by atoms with Crippen LogP contribution in [0.2, 0.25) is 0 Å². The maximum absolute atomic E-state index is 11.4. The topological polar surface area (TPSA) is 38.3 Å². The van der Waals surface area contributed by atoms with Crippen LogP contribution in [-0.4, -0.2) is 21.8 Å². The molecule has 3 nitrogen and oxygen atoms in total. The van der Waals surface area contributed by atoms with E-state index in [2.05, 4.69) is 18.3 Å². The van der Waals surface area contributed by atoms with E-state index in [0.29, 0.717) is 6.23 Å². The van der Waals surface area contributed by atoms with Gasteiger partial charge in [-0.25, -0.2) is 4.79 Å². The second-order valence-corrected chi connectivity index (χ2v) is 5.54. The van der Waals surface area contributed by atoms with Crippen molar-refractivity contribution in [1.82, 2.24) is 0 Å². The summed E-state index contributed by atoms with van der Waals surface area (Å²) < 4.78 is 5.09. The molecule has 0 radical (unpaired) electrons. The van der Waals surface area contributed by atoms with Crippen molar-refractivity contribution in [1.29, 1.82) is 0 Å². The largest absolute Gasteiger partial charge is 0.453 e. The molecule has 0 heterocycles. The molecule has 0 aliphatic heterocycles. The van der Waals surface area contributed by atoms with Crippen molar-refractivity contribution < 1.29 is 9.53 Å². The third kappa shape index (κ3) is 4.79. The number of hydrogen-bond acceptors (Lipinski definition) is 2. The first-order chi connectivity index (χ1) is 7.72. The highest BCUT2D eigenvalue weighted by atomic mass is 28.2. The summed E-state index contributed by atoms with van der Waals surface area (Å²) in [6, 6.07) is 9.30. The van der Waals surface area contributed by atoms with Gasteiger partial charge in [-0.3, -0.25) is 5.32 Å². The highest BCUT2D eigenvalue weighted by Crippen LogP contribution is 2.05. The lowest BCUT2D eigenvalue weighted by molar-refractivity contribution is 0.180. The van der Waals surface area contributed by atoms with Gasteiger partial charge in [-0.15, -0.1) is 0 Å². The molecule has 1 N–H and O–H groups in total. The van der Waals surface area contributed by atoms with E-state index in [-0.39, 0.29) is 6.09 Å². The zero-order valence-electron chi connectivity index (χ0n) is 9.69. The molecule has 0 bridgehead atoms. The number of rotatable bonds is 4. The fraction of sp³-hybridized carbons (Fsp3) is 0.250. The number of nitrogens with one attached hydrogen (secondary N) is 1. The van der Waals surface area contributed by atoms with Crippen molar-refractivity contribution >= 4 is 21.3 Å². The fourth-order valence-electron chi connectivity index (χ4n) is 1.12. The van der Waals surface area contributed by atoms with Gasteiger partial charge in [0.05, 0.1) is 15.7 Å². The number of allylic oxidation sites excluding steroid dienone is 2. The lowest BCUT2D eigenvalue weighted by Gasteiger charge is -2.06. The van der Waals surface area contributed by atoms with Gasteiger partial charge in [0.1, 0.15) is 0 Å². The third-order valence-electron chi connectivity index (χ3n) is 2.24. The minimum Gasteiger partial charge on any atom is -0.453 e. The molecule has 0 aliphatic rings. The van der Waals surface area contributed by atoms with Crippen LogP contribution < -0.4 is 5.32 Å². The van der Waals surface area contributed by atoms with Crippen LogP contribution >= 0.6 is 0 Å². The summed E-state index contributed by atoms with van der Waals surface area (Å²) in [4.78, 5) is 11.4. The van der Waals surface area contributed by atoms with Gasteiger partial charge in [-0.05, 0) is 26.0 Å². The van der Waals surface area contributed by atoms with Crippen molar-refractivity contribution in [2.45, 2.75) is 13.8 Å². The van der Waals surface area contributed by atoms with Gasteiger partial charge >= 0.3 is 6.09 Å². The van der Waals surface area contributed by atoms with E-state index >= 15 is 0 Å². The van der Waals surface area contributed by atoms with Crippen molar-refractivity contribution in [2.75, 3.05) is 11.5 Å². The Morgan fingerprint density at radius 2 is 2.12 bits per heavy atom. The summed E-state index contributed by atoms with van der Waals surface area (Å²) in [5, 5.41) is 4.03. The first kappa shape index (κ1) is 12.5. The summed E-state index contributed by atoms with van der Waals surface area (Å²) in [6.07, 6.45) is 2.25. The van der Waals surface area contributed by atoms with Crippen LogP contribution in [0.3, 0.4) is 0 Å². The quantitative estimate of drug-likeness (QED) is 0.813. The summed E-state index contributed by atoms with van der Waals surface area (Å²) in [5.41, 5.74) is 0.761. The molecule has 0 saturated carbocycles. The van der Waals surface area contributed by atoms with Crippen LogP contribution in [0.1, 0.15) is 13.8 Å². The standard InChI is InChI=1S/C12H17NO2Si/c1-3-10(2)16-9-15-12(14)13-11-7-5-4-6-8-11/h3-8H,9,16H2,1-2H3,(H,13,14). The van der Waals surface area contributed by atoms with Crippen LogP contribution in [-0.2, 0) is 4.74 Å². The van der Waals surface area contributed by atoms with Gasteiger partial charge in [0, 0.05) is 5.69 Å². The van der Waals surface area contributed by atoms with Gasteiger partial charge in [0.15, 0.2) is 0 Å². The Morgan fingerprint density at radius 1 is 1.44 bits per heavy atom. The van der Waals surface area contributed by atoms with Crippen LogP contribution in [0.15, 0.2) is 41.6 Å². The van der Waals surface area contributed by atoms with Gasteiger partial charge in [0.2, 0.25) is 0 Å². The number of ether oxygens (including phenoxy) is 1. The van der Waals surface area contributed by atoms with Crippen molar-refractivity contribution in [3.05, 3.63) is 41.6 Å². The predicted molar refractivity (Wildman–Crippen MR) is 69.4 cm³/mol. The van der Waals surface area contributed by atoms with Crippen molar-refractivity contribution in [3.63, 3.8) is 0 Å². The van der Waals surface area contributed by atoms with Crippen molar-refractivity contribution in [2.24, 2.45) is 0 Å². The van der Waals surface area contributed by atoms with E-state index in [1.807, 2.05) is 37.3 Å². The Balaban J connectivity index is 2.27. The molecule has 0 unspecified atom stereocenters. The average Bonchev–Trinajstić information content (AvgIpc) is 2.30. The molecule has 0 aliphatic carbocycles. The minimum absolute atomic E-state index is 0.373. The van der Waals surface area contributed by atoms with E-state index < -0.39 is 9.52 Å². The minimum atomic E-state index is -0.418. The van der Waals surface area contributed by atoms with Crippen molar-refractivity contribution in [3.8, 4) is 0 Å². The molecule has 1 rings (SSSR count). The molecule has 16 heavy (non-hydrogen) atoms. The average molecular weight is 235 g/mol. The Labute approximate surface area is 98.3 Å². The van der Waals surface area contributed by atoms with Gasteiger partial charge < -0.3 is 4.74 Å². The molecule has 1 aromatic carbocycles. The number of amides is 1. The lowest BCUT2D eigenvalue weighted by atomic mass is 10.3. The Morgan fingerprint density at radius 3 is 2.75 bits per heavy atom. The Kier molecular flexibility index (Phi) is 5.35. The van der Waals surface area contributed by atoms with E-state index in [0.717, 1.165) is 5.69 Å². The normalized spacial score (nSPS) is 11.8. The summed E-state index contributed by atoms with van der Waals surface area (Å²) in [6.45, 7) is 4.08. The third-order valence-corrected chi connectivity index (χ3v) is 3.85. The smallest absolute Gasteiger partial charge is 0.411 e. The number of para-hydroxylation sites is 1. The zero-order chi connectivity index (χ0) is 11.8. The second kappa shape index (κ2) is 6.84. The maximum Gasteiger partial charge on any atom is 0.411 e. The highest BCUT2D eigenvalue weighted by molar-refractivity contribution is 6.45. The molecule has 0 spiro atoms. The molecule has 0 saturated heterocycles. The van der Waals surface area contributed by atoms with Gasteiger partial charge in [0.25, 0.3) is 0 Å². The molecule has 0 atom stereocenters. The number of benzene rings is 1. The van der Waals surface area contributed by atoms with Crippen LogP contribution in [0, 0.1) is 0 Å². The maximum atomic E-state index is 11.4. The molecule has 4 heteroatoms. The Bertz CT molecular complexity index is 363. The Hall–Kier alpha value is -1.55. The molecular weight excluding hydrogens is 218 g/mol. The van der Waals surface area contributed by atoms with Crippen LogP contribution in [0.4, 0.5) is 10.5 Å². The fourth-order valence-corrected chi connectivity index (χ4v) is 2.02. The van der Waals surface area contributed by atoms with Crippen LogP contribution in [0.25, 0.3) is 0 Å². The van der Waals surface area contributed by atoms with E-state index in [9.17, 15) is 4.79 Å². The SMILES string of the molecule is CC=C(C)[SiH2]COC(=O)Nc1ccccc1. The monoisotopic (exact) mass is 235 g/mol. The number of carbonyl (C=O) groups is 1. The number of hydrogen-bond donors (Lipinski definition) is 1. The second-order valence-electron chi connectivity index (χ2n) is 3.51. The molecule has 1 amide bonds. The molecule has 1 aromatic rings. The van der Waals surface area contributed by atoms with E-state index in [4.69, 9.17) is 4.74 Å². The van der Waals surface area contributed by atoms with Crippen LogP contribution in [0.5, 0.6) is 0 Å². The molecule has 0 aromatic heterocycles. The van der Waals surface area contributed by atoms with E-state index in [1.165, 1.54) is 5.20 Å². The van der Waals surface area contributed by atoms with Gasteiger partial charge in [-0.2, -0.15) is 0 Å². The first-order valence-corrected chi connectivity index (χ1v) is 7.03. The first-order valence-electron chi connectivity index (χ1n) is 5.33. The number of anilines is 1. The summed E-state index contributed by atoms with van der Waals surface area (Å²) >= 11 is 0. The predicted octanol–water partition coefficient (Wildman–Crippen LogP) is 2.29. The number of carbonyl (C=O) groups excluding carboxylic acids is 1. The summed E-state index contributed by atoms with van der Waals surface area (Å²) in [5.74, 6) is 0. The van der Waals surface area contributed by atoms with E-state index in [1.54, 1.807) is 0 Å². The molecular formula is C12H17NO2Si. The lowest BCUT2D eigenvalue weighted by Crippen LogP contribution is -2.17. The van der Waals surface area contributed by atoms with Gasteiger partial charge in [-0.1, -0.05) is 29.5 Å². The molecule has 0 fully saturated rings.